The Morgan fingerprint density at radius 2 is 1.92 bits per heavy atom. The zero-order valence-corrected chi connectivity index (χ0v) is 21.3. The fourth-order valence-electron chi connectivity index (χ4n) is 4.70. The average molecular weight is 565 g/mol. The second-order valence-electron chi connectivity index (χ2n) is 8.78. The highest BCUT2D eigenvalue weighted by molar-refractivity contribution is 9.10. The Labute approximate surface area is 217 Å². The van der Waals surface area contributed by atoms with E-state index in [1.165, 1.54) is 23.1 Å². The first-order valence-corrected chi connectivity index (χ1v) is 12.8. The molecule has 36 heavy (non-hydrogen) atoms. The molecule has 2 unspecified atom stereocenters. The van der Waals surface area contributed by atoms with Gasteiger partial charge in [-0.25, -0.2) is 9.37 Å². The van der Waals surface area contributed by atoms with E-state index >= 15 is 0 Å². The molecule has 0 spiro atoms. The zero-order valence-electron chi connectivity index (χ0n) is 18.9. The number of fused-ring (bicyclic) bond motifs is 2. The molecule has 6 rings (SSSR count). The summed E-state index contributed by atoms with van der Waals surface area (Å²) < 4.78 is 20.9. The number of aliphatic hydroxyl groups excluding tert-OH is 1. The lowest BCUT2D eigenvalue weighted by Gasteiger charge is -2.23. The van der Waals surface area contributed by atoms with Crippen molar-refractivity contribution in [1.82, 2.24) is 4.98 Å². The van der Waals surface area contributed by atoms with Gasteiger partial charge in [0.15, 0.2) is 5.13 Å². The van der Waals surface area contributed by atoms with Gasteiger partial charge in [0.05, 0.1) is 21.8 Å². The predicted molar refractivity (Wildman–Crippen MR) is 139 cm³/mol. The molecule has 2 aliphatic heterocycles. The predicted octanol–water partition coefficient (Wildman–Crippen LogP) is 6.15. The minimum Gasteiger partial charge on any atom is -0.507 e. The van der Waals surface area contributed by atoms with Crippen LogP contribution in [0.1, 0.15) is 29.7 Å². The van der Waals surface area contributed by atoms with E-state index in [2.05, 4.69) is 20.9 Å². The van der Waals surface area contributed by atoms with Crippen LogP contribution in [0.3, 0.4) is 0 Å². The van der Waals surface area contributed by atoms with Gasteiger partial charge in [-0.15, -0.1) is 0 Å². The van der Waals surface area contributed by atoms with Crippen molar-refractivity contribution in [2.45, 2.75) is 25.5 Å². The second-order valence-corrected chi connectivity index (χ2v) is 10.7. The fraction of sp³-hybridized carbons (Fsp3) is 0.148. The van der Waals surface area contributed by atoms with Crippen LogP contribution in [0.4, 0.5) is 9.52 Å². The number of carbonyl (C=O) groups is 2. The number of amides is 1. The number of aromatic nitrogens is 1. The van der Waals surface area contributed by atoms with E-state index in [9.17, 15) is 19.1 Å². The first-order valence-electron chi connectivity index (χ1n) is 11.2. The number of hydrogen-bond donors (Lipinski definition) is 1. The lowest BCUT2D eigenvalue weighted by atomic mass is 9.94. The van der Waals surface area contributed by atoms with Crippen molar-refractivity contribution in [2.24, 2.45) is 0 Å². The van der Waals surface area contributed by atoms with Crippen LogP contribution < -0.4 is 9.64 Å². The number of nitrogens with zero attached hydrogens (tertiary/aromatic N) is 2. The number of ether oxygens (including phenoxy) is 1. The summed E-state index contributed by atoms with van der Waals surface area (Å²) in [6.45, 7) is 1.96. The van der Waals surface area contributed by atoms with Gasteiger partial charge in [-0.05, 0) is 66.6 Å². The number of benzene rings is 3. The molecule has 6 nitrogen and oxygen atoms in total. The van der Waals surface area contributed by atoms with Crippen molar-refractivity contribution < 1.29 is 23.8 Å². The Morgan fingerprint density at radius 1 is 1.14 bits per heavy atom. The largest absolute Gasteiger partial charge is 0.507 e. The highest BCUT2D eigenvalue weighted by Gasteiger charge is 2.48. The van der Waals surface area contributed by atoms with Crippen LogP contribution in [0.2, 0.25) is 0 Å². The van der Waals surface area contributed by atoms with Gasteiger partial charge in [0.1, 0.15) is 23.4 Å². The van der Waals surface area contributed by atoms with Crippen molar-refractivity contribution in [1.29, 1.82) is 0 Å². The highest BCUT2D eigenvalue weighted by Crippen LogP contribution is 2.45. The van der Waals surface area contributed by atoms with Crippen molar-refractivity contribution >= 4 is 60.1 Å². The average Bonchev–Trinajstić information content (AvgIpc) is 3.51. The van der Waals surface area contributed by atoms with E-state index in [1.807, 2.05) is 6.92 Å². The van der Waals surface area contributed by atoms with E-state index in [0.29, 0.717) is 27.8 Å². The van der Waals surface area contributed by atoms with Crippen molar-refractivity contribution in [3.05, 3.63) is 93.2 Å². The second kappa shape index (κ2) is 8.53. The Hall–Kier alpha value is -3.56. The first kappa shape index (κ1) is 22.9. The molecule has 2 atom stereocenters. The lowest BCUT2D eigenvalue weighted by Crippen LogP contribution is -2.29. The molecular formula is C27H18BrFN2O4S. The molecule has 3 heterocycles. The Bertz CT molecular complexity index is 1600. The number of halogens is 2. The standard InChI is InChI=1S/C27H18BrFN2O4S/c1-13-10-16-11-15(4-9-20(16)35-13)24(32)22-23(14-2-5-17(28)6-3-14)31(26(34)25(22)33)27-30-19-8-7-18(29)12-21(19)36-27/h2-9,11-13,23,32H,10H2,1H3/b24-22-. The normalized spacial score (nSPS) is 20.7. The van der Waals surface area contributed by atoms with Gasteiger partial charge in [0, 0.05) is 16.5 Å². The maximum Gasteiger partial charge on any atom is 0.301 e. The Morgan fingerprint density at radius 3 is 2.69 bits per heavy atom. The third-order valence-electron chi connectivity index (χ3n) is 6.34. The molecule has 0 saturated carbocycles. The number of ketones is 1. The van der Waals surface area contributed by atoms with Crippen molar-refractivity contribution in [2.75, 3.05) is 4.90 Å². The molecule has 0 radical (unpaired) electrons. The van der Waals surface area contributed by atoms with E-state index < -0.39 is 23.5 Å². The first-order chi connectivity index (χ1) is 17.3. The van der Waals surface area contributed by atoms with Crippen LogP contribution >= 0.6 is 27.3 Å². The molecule has 3 aromatic carbocycles. The number of aliphatic hydroxyl groups is 1. The molecule has 1 aromatic heterocycles. The van der Waals surface area contributed by atoms with Crippen LogP contribution in [-0.4, -0.2) is 27.9 Å². The number of rotatable bonds is 3. The van der Waals surface area contributed by atoms with Gasteiger partial charge >= 0.3 is 5.91 Å². The third-order valence-corrected chi connectivity index (χ3v) is 7.89. The number of Topliss-reactive ketones (excluding diaryl/α,β-unsaturated/α-hetero) is 1. The molecular weight excluding hydrogens is 547 g/mol. The monoisotopic (exact) mass is 564 g/mol. The third kappa shape index (κ3) is 3.70. The highest BCUT2D eigenvalue weighted by atomic mass is 79.9. The molecule has 2 aliphatic rings. The van der Waals surface area contributed by atoms with E-state index in [4.69, 9.17) is 4.74 Å². The smallest absolute Gasteiger partial charge is 0.301 e. The number of thiazole rings is 1. The summed E-state index contributed by atoms with van der Waals surface area (Å²) in [4.78, 5) is 32.6. The van der Waals surface area contributed by atoms with Gasteiger partial charge in [-0.3, -0.25) is 14.5 Å². The summed E-state index contributed by atoms with van der Waals surface area (Å²) >= 11 is 4.53. The zero-order chi connectivity index (χ0) is 25.1. The molecule has 1 amide bonds. The Kier molecular flexibility index (Phi) is 5.42. The molecule has 1 fully saturated rings. The van der Waals surface area contributed by atoms with Gasteiger partial charge in [-0.1, -0.05) is 39.4 Å². The molecule has 9 heteroatoms. The molecule has 4 aromatic rings. The van der Waals surface area contributed by atoms with Gasteiger partial charge in [-0.2, -0.15) is 0 Å². The summed E-state index contributed by atoms with van der Waals surface area (Å²) in [5.74, 6) is -1.55. The van der Waals surface area contributed by atoms with E-state index in [-0.39, 0.29) is 22.6 Å². The summed E-state index contributed by atoms with van der Waals surface area (Å²) in [6.07, 6.45) is 0.707. The van der Waals surface area contributed by atoms with Gasteiger partial charge in [0.25, 0.3) is 5.78 Å². The van der Waals surface area contributed by atoms with E-state index in [1.54, 1.807) is 42.5 Å². The maximum absolute atomic E-state index is 13.8. The Balaban J connectivity index is 1.53. The number of carbonyl (C=O) groups excluding carboxylic acids is 2. The molecule has 1 saturated heterocycles. The van der Waals surface area contributed by atoms with Crippen LogP contribution in [0.15, 0.2) is 70.7 Å². The summed E-state index contributed by atoms with van der Waals surface area (Å²) in [7, 11) is 0. The summed E-state index contributed by atoms with van der Waals surface area (Å²) in [6, 6.07) is 15.7. The minimum atomic E-state index is -0.910. The summed E-state index contributed by atoms with van der Waals surface area (Å²) in [5, 5.41) is 11.6. The van der Waals surface area contributed by atoms with E-state index in [0.717, 1.165) is 27.1 Å². The molecule has 180 valence electrons. The maximum atomic E-state index is 13.8. The topological polar surface area (TPSA) is 79.7 Å². The van der Waals surface area contributed by atoms with Crippen LogP contribution in [0.5, 0.6) is 5.75 Å². The minimum absolute atomic E-state index is 0.0228. The number of hydrogen-bond acceptors (Lipinski definition) is 6. The van der Waals surface area contributed by atoms with Crippen LogP contribution in [-0.2, 0) is 16.0 Å². The molecule has 0 bridgehead atoms. The lowest BCUT2D eigenvalue weighted by molar-refractivity contribution is -0.132. The molecule has 0 aliphatic carbocycles. The fourth-order valence-corrected chi connectivity index (χ4v) is 5.99. The molecule has 1 N–H and O–H groups in total. The van der Waals surface area contributed by atoms with Crippen molar-refractivity contribution in [3.8, 4) is 5.75 Å². The van der Waals surface area contributed by atoms with Crippen LogP contribution in [0.25, 0.3) is 16.0 Å². The van der Waals surface area contributed by atoms with Crippen molar-refractivity contribution in [3.63, 3.8) is 0 Å². The van der Waals surface area contributed by atoms with Crippen LogP contribution in [0, 0.1) is 5.82 Å². The van der Waals surface area contributed by atoms with Gasteiger partial charge in [0.2, 0.25) is 0 Å². The van der Waals surface area contributed by atoms with Gasteiger partial charge < -0.3 is 9.84 Å². The SMILES string of the molecule is CC1Cc2cc(/C(O)=C3/C(=O)C(=O)N(c4nc5ccc(F)cc5s4)C3c3ccc(Br)cc3)ccc2O1. The quantitative estimate of drug-likeness (QED) is 0.183. The summed E-state index contributed by atoms with van der Waals surface area (Å²) in [5.41, 5.74) is 2.47. The number of anilines is 1.